The Hall–Kier alpha value is -2.61. The zero-order valence-electron chi connectivity index (χ0n) is 18.9. The Balaban J connectivity index is 1.38. The highest BCUT2D eigenvalue weighted by Crippen LogP contribution is 2.28. The maximum atomic E-state index is 13.0. The van der Waals surface area contributed by atoms with Crippen molar-refractivity contribution in [1.82, 2.24) is 24.6 Å². The predicted molar refractivity (Wildman–Crippen MR) is 125 cm³/mol. The molecule has 2 aliphatic rings. The largest absolute Gasteiger partial charge is 0.490 e. The molecular weight excluding hydrogens is 442 g/mol. The molecule has 9 heteroatoms. The van der Waals surface area contributed by atoms with Crippen molar-refractivity contribution in [2.75, 3.05) is 26.2 Å². The van der Waals surface area contributed by atoms with Crippen LogP contribution < -0.4 is 4.74 Å². The minimum absolute atomic E-state index is 0.0496. The lowest BCUT2D eigenvalue weighted by molar-refractivity contribution is -0.139. The maximum absolute atomic E-state index is 13.0. The van der Waals surface area contributed by atoms with E-state index in [1.807, 2.05) is 28.0 Å². The molecule has 4 rings (SSSR count). The van der Waals surface area contributed by atoms with E-state index in [1.165, 1.54) is 12.7 Å². The molecule has 0 bridgehead atoms. The summed E-state index contributed by atoms with van der Waals surface area (Å²) in [6.07, 6.45) is 8.59. The number of nitrogens with zero attached hydrogens (tertiary/aromatic N) is 5. The van der Waals surface area contributed by atoms with Crippen molar-refractivity contribution in [2.24, 2.45) is 5.92 Å². The van der Waals surface area contributed by atoms with Gasteiger partial charge in [0.15, 0.2) is 0 Å². The molecule has 2 saturated heterocycles. The molecule has 0 aliphatic carbocycles. The second kappa shape index (κ2) is 11.5. The van der Waals surface area contributed by atoms with Crippen molar-refractivity contribution in [2.45, 2.75) is 57.6 Å². The first-order valence-electron chi connectivity index (χ1n) is 11.9. The van der Waals surface area contributed by atoms with Crippen LogP contribution >= 0.6 is 11.6 Å². The summed E-state index contributed by atoms with van der Waals surface area (Å²) in [5.41, 5.74) is 0. The molecule has 0 unspecified atom stereocenters. The fourth-order valence-electron chi connectivity index (χ4n) is 4.70. The van der Waals surface area contributed by atoms with Crippen molar-refractivity contribution in [3.05, 3.63) is 41.9 Å². The number of ether oxygens (including phenoxy) is 1. The molecule has 178 valence electrons. The third-order valence-corrected chi connectivity index (χ3v) is 6.73. The second-order valence-electron chi connectivity index (χ2n) is 8.91. The highest BCUT2D eigenvalue weighted by molar-refractivity contribution is 6.30. The van der Waals surface area contributed by atoms with E-state index in [-0.39, 0.29) is 23.8 Å². The number of likely N-dealkylation sites (tertiary alicyclic amines) is 2. The molecule has 0 radical (unpaired) electrons. The number of rotatable bonds is 8. The van der Waals surface area contributed by atoms with Gasteiger partial charge in [0, 0.05) is 62.9 Å². The first kappa shape index (κ1) is 23.5. The molecule has 3 heterocycles. The Bertz CT molecular complexity index is 917. The van der Waals surface area contributed by atoms with Gasteiger partial charge in [-0.2, -0.15) is 5.10 Å². The van der Waals surface area contributed by atoms with E-state index in [2.05, 4.69) is 10.1 Å². The molecule has 8 nitrogen and oxygen atoms in total. The van der Waals surface area contributed by atoms with Crippen LogP contribution in [0.1, 0.15) is 44.9 Å². The quantitative estimate of drug-likeness (QED) is 0.587. The van der Waals surface area contributed by atoms with Gasteiger partial charge in [-0.15, -0.1) is 0 Å². The normalized spacial score (nSPS) is 21.1. The summed E-state index contributed by atoms with van der Waals surface area (Å²) in [5.74, 6) is 0.938. The minimum Gasteiger partial charge on any atom is -0.490 e. The fraction of sp³-hybridized carbons (Fsp3) is 0.583. The van der Waals surface area contributed by atoms with Gasteiger partial charge in [0.2, 0.25) is 11.8 Å². The molecule has 2 fully saturated rings. The van der Waals surface area contributed by atoms with Crippen LogP contribution in [-0.4, -0.2) is 68.7 Å². The zero-order chi connectivity index (χ0) is 23.0. The van der Waals surface area contributed by atoms with Gasteiger partial charge >= 0.3 is 0 Å². The Morgan fingerprint density at radius 2 is 1.94 bits per heavy atom. The van der Waals surface area contributed by atoms with E-state index in [4.69, 9.17) is 16.3 Å². The number of carbonyl (C=O) groups excluding carboxylic acids is 2. The van der Waals surface area contributed by atoms with E-state index >= 15 is 0 Å². The molecule has 0 saturated carbocycles. The van der Waals surface area contributed by atoms with E-state index in [0.717, 1.165) is 25.9 Å². The Morgan fingerprint density at radius 1 is 1.09 bits per heavy atom. The van der Waals surface area contributed by atoms with Gasteiger partial charge < -0.3 is 14.5 Å². The fourth-order valence-corrected chi connectivity index (χ4v) is 4.88. The van der Waals surface area contributed by atoms with Gasteiger partial charge in [-0.25, -0.2) is 4.98 Å². The lowest BCUT2D eigenvalue weighted by Gasteiger charge is -2.39. The third-order valence-electron chi connectivity index (χ3n) is 6.49. The smallest absolute Gasteiger partial charge is 0.223 e. The Labute approximate surface area is 199 Å². The first-order chi connectivity index (χ1) is 16.1. The molecule has 2 aromatic rings. The summed E-state index contributed by atoms with van der Waals surface area (Å²) < 4.78 is 8.02. The average Bonchev–Trinajstić information content (AvgIpc) is 3.34. The van der Waals surface area contributed by atoms with Crippen LogP contribution in [0.3, 0.4) is 0 Å². The Morgan fingerprint density at radius 3 is 2.70 bits per heavy atom. The van der Waals surface area contributed by atoms with Crippen LogP contribution in [0.4, 0.5) is 0 Å². The molecule has 1 aromatic carbocycles. The van der Waals surface area contributed by atoms with Gasteiger partial charge in [0.25, 0.3) is 0 Å². The highest BCUT2D eigenvalue weighted by Gasteiger charge is 2.35. The number of carbonyl (C=O) groups is 2. The monoisotopic (exact) mass is 473 g/mol. The van der Waals surface area contributed by atoms with Crippen LogP contribution in [0.15, 0.2) is 36.9 Å². The van der Waals surface area contributed by atoms with Crippen molar-refractivity contribution < 1.29 is 14.3 Å². The molecule has 0 N–H and O–H groups in total. The molecule has 1 aromatic heterocycles. The summed E-state index contributed by atoms with van der Waals surface area (Å²) in [6.45, 7) is 3.48. The summed E-state index contributed by atoms with van der Waals surface area (Å²) in [7, 11) is 0. The van der Waals surface area contributed by atoms with E-state index in [1.54, 1.807) is 17.1 Å². The van der Waals surface area contributed by atoms with Crippen molar-refractivity contribution >= 4 is 23.4 Å². The van der Waals surface area contributed by atoms with E-state index in [0.29, 0.717) is 56.1 Å². The van der Waals surface area contributed by atoms with Crippen LogP contribution in [-0.2, 0) is 16.1 Å². The number of amides is 2. The number of aromatic nitrogens is 3. The molecular formula is C24H32ClN5O3. The van der Waals surface area contributed by atoms with Crippen LogP contribution in [0, 0.1) is 5.92 Å². The van der Waals surface area contributed by atoms with E-state index in [9.17, 15) is 9.59 Å². The molecule has 2 aliphatic heterocycles. The maximum Gasteiger partial charge on any atom is 0.223 e. The molecule has 2 amide bonds. The predicted octanol–water partition coefficient (Wildman–Crippen LogP) is 3.41. The molecule has 33 heavy (non-hydrogen) atoms. The number of hydrogen-bond donors (Lipinski definition) is 0. The average molecular weight is 474 g/mol. The standard InChI is InChI=1S/C24H32ClN5O3/c25-20-6-4-7-21(15-20)33-22-9-13-29(23(31)8-5-12-30-18-26-17-27-30)16-19(22)14-24(32)28-10-2-1-3-11-28/h4,6-7,15,17-19,22H,1-3,5,8-14,16H2/t19-,22-/m0/s1. The number of halogens is 1. The van der Waals surface area contributed by atoms with Crippen LogP contribution in [0.5, 0.6) is 5.75 Å². The molecule has 2 atom stereocenters. The second-order valence-corrected chi connectivity index (χ2v) is 9.35. The summed E-state index contributed by atoms with van der Waals surface area (Å²) >= 11 is 6.13. The molecule has 0 spiro atoms. The summed E-state index contributed by atoms with van der Waals surface area (Å²) in [4.78, 5) is 33.7. The van der Waals surface area contributed by atoms with E-state index < -0.39 is 0 Å². The minimum atomic E-state index is -0.128. The third kappa shape index (κ3) is 6.69. The summed E-state index contributed by atoms with van der Waals surface area (Å²) in [5, 5.41) is 4.70. The number of benzene rings is 1. The van der Waals surface area contributed by atoms with Gasteiger partial charge in [-0.3, -0.25) is 14.3 Å². The van der Waals surface area contributed by atoms with Crippen molar-refractivity contribution in [1.29, 1.82) is 0 Å². The van der Waals surface area contributed by atoms with Crippen LogP contribution in [0.2, 0.25) is 5.02 Å². The number of aryl methyl sites for hydroxylation is 1. The van der Waals surface area contributed by atoms with Crippen LogP contribution in [0.25, 0.3) is 0 Å². The van der Waals surface area contributed by atoms with Crippen molar-refractivity contribution in [3.8, 4) is 5.75 Å². The zero-order valence-corrected chi connectivity index (χ0v) is 19.7. The highest BCUT2D eigenvalue weighted by atomic mass is 35.5. The topological polar surface area (TPSA) is 80.6 Å². The van der Waals surface area contributed by atoms with Crippen molar-refractivity contribution in [3.63, 3.8) is 0 Å². The lowest BCUT2D eigenvalue weighted by Crippen LogP contribution is -2.49. The van der Waals surface area contributed by atoms with Gasteiger partial charge in [-0.05, 0) is 43.9 Å². The summed E-state index contributed by atoms with van der Waals surface area (Å²) in [6, 6.07) is 7.36. The SMILES string of the molecule is O=C(C[C@H]1CN(C(=O)CCCn2cncn2)CC[C@@H]1Oc1cccc(Cl)c1)N1CCCCC1. The Kier molecular flexibility index (Phi) is 8.20. The van der Waals surface area contributed by atoms with Gasteiger partial charge in [-0.1, -0.05) is 17.7 Å². The van der Waals surface area contributed by atoms with Gasteiger partial charge in [0.1, 0.15) is 24.5 Å². The van der Waals surface area contributed by atoms with Gasteiger partial charge in [0.05, 0.1) is 0 Å². The number of hydrogen-bond acceptors (Lipinski definition) is 5. The lowest BCUT2D eigenvalue weighted by atomic mass is 9.90. The first-order valence-corrected chi connectivity index (χ1v) is 12.3. The number of piperidine rings is 2.